The number of carbonyl (C=O) groups is 1. The molecule has 0 heterocycles. The fourth-order valence-electron chi connectivity index (χ4n) is 4.04. The zero-order chi connectivity index (χ0) is 26.6. The Balaban J connectivity index is 1.76. The monoisotopic (exact) mass is 510 g/mol. The Hall–Kier alpha value is -3.52. The van der Waals surface area contributed by atoms with E-state index < -0.39 is 10.0 Å². The van der Waals surface area contributed by atoms with Gasteiger partial charge in [0.1, 0.15) is 11.5 Å². The lowest BCUT2D eigenvalue weighted by molar-refractivity contribution is 0.0940. The average Bonchev–Trinajstić information content (AvgIpc) is 2.87. The summed E-state index contributed by atoms with van der Waals surface area (Å²) in [7, 11) is 0.906. The van der Waals surface area contributed by atoms with E-state index in [1.807, 2.05) is 19.9 Å². The second kappa shape index (κ2) is 11.0. The maximum absolute atomic E-state index is 13.0. The molecule has 3 rings (SSSR count). The summed E-state index contributed by atoms with van der Waals surface area (Å²) in [6.45, 7) is 8.15. The number of hydrogen-bond donors (Lipinski definition) is 1. The van der Waals surface area contributed by atoms with Crippen molar-refractivity contribution in [3.05, 3.63) is 82.9 Å². The van der Waals surface area contributed by atoms with Gasteiger partial charge in [-0.1, -0.05) is 13.8 Å². The van der Waals surface area contributed by atoms with E-state index in [1.165, 1.54) is 30.6 Å². The molecule has 0 aromatic heterocycles. The quantitative estimate of drug-likeness (QED) is 0.414. The molecule has 1 unspecified atom stereocenters. The third-order valence-corrected chi connectivity index (χ3v) is 8.07. The number of methoxy groups -OCH3 is 2. The molecule has 36 heavy (non-hydrogen) atoms. The second-order valence-electron chi connectivity index (χ2n) is 9.00. The number of sulfonamides is 1. The van der Waals surface area contributed by atoms with E-state index in [4.69, 9.17) is 9.47 Å². The van der Waals surface area contributed by atoms with Gasteiger partial charge >= 0.3 is 0 Å². The van der Waals surface area contributed by atoms with Crippen molar-refractivity contribution in [1.29, 1.82) is 0 Å². The Morgan fingerprint density at radius 1 is 0.889 bits per heavy atom. The normalized spacial score (nSPS) is 12.2. The lowest BCUT2D eigenvalue weighted by atomic mass is 9.93. The first-order valence-corrected chi connectivity index (χ1v) is 13.2. The fourth-order valence-corrected chi connectivity index (χ4v) is 5.23. The number of amides is 1. The van der Waals surface area contributed by atoms with E-state index in [9.17, 15) is 13.2 Å². The Morgan fingerprint density at radius 2 is 1.50 bits per heavy atom. The Kier molecular flexibility index (Phi) is 8.30. The van der Waals surface area contributed by atoms with Crippen LogP contribution in [0.15, 0.2) is 65.6 Å². The van der Waals surface area contributed by atoms with Gasteiger partial charge in [-0.3, -0.25) is 9.10 Å². The molecule has 1 N–H and O–H groups in total. The summed E-state index contributed by atoms with van der Waals surface area (Å²) in [6.07, 6.45) is 0. The van der Waals surface area contributed by atoms with Crippen molar-refractivity contribution in [2.45, 2.75) is 44.6 Å². The number of carbonyl (C=O) groups excluding carboxylic acids is 1. The molecule has 0 bridgehead atoms. The number of rotatable bonds is 9. The summed E-state index contributed by atoms with van der Waals surface area (Å²) in [6, 6.07) is 16.6. The van der Waals surface area contributed by atoms with Gasteiger partial charge in [0.2, 0.25) is 0 Å². The number of nitrogens with zero attached hydrogens (tertiary/aromatic N) is 1. The van der Waals surface area contributed by atoms with Crippen LogP contribution in [0.1, 0.15) is 59.8 Å². The van der Waals surface area contributed by atoms with Gasteiger partial charge in [-0.2, -0.15) is 0 Å². The number of hydrogen-bond acceptors (Lipinski definition) is 5. The molecule has 3 aromatic rings. The zero-order valence-electron chi connectivity index (χ0n) is 21.8. The molecule has 0 aliphatic heterocycles. The van der Waals surface area contributed by atoms with Crippen molar-refractivity contribution < 1.29 is 22.7 Å². The number of ether oxygens (including phenoxy) is 2. The molecule has 0 aliphatic rings. The highest BCUT2D eigenvalue weighted by Gasteiger charge is 2.22. The van der Waals surface area contributed by atoms with Crippen LogP contribution in [-0.4, -0.2) is 35.6 Å². The van der Waals surface area contributed by atoms with Crippen LogP contribution in [0.5, 0.6) is 11.5 Å². The van der Waals surface area contributed by atoms with E-state index in [2.05, 4.69) is 25.2 Å². The molecule has 1 amide bonds. The van der Waals surface area contributed by atoms with Crippen LogP contribution in [0.4, 0.5) is 5.69 Å². The standard InChI is InChI=1S/C28H34N2O5S/c1-18(2)25-17-26(19(3)16-27(25)35-7)20(4)29-28(31)21-8-10-22(11-9-21)30(5)36(32,33)24-14-12-23(34-6)13-15-24/h8-18,20H,1-7H3,(H,29,31). The Morgan fingerprint density at radius 3 is 2.03 bits per heavy atom. The molecule has 3 aromatic carbocycles. The number of anilines is 1. The van der Waals surface area contributed by atoms with E-state index >= 15 is 0 Å². The van der Waals surface area contributed by atoms with Crippen molar-refractivity contribution in [3.63, 3.8) is 0 Å². The van der Waals surface area contributed by atoms with Crippen molar-refractivity contribution in [3.8, 4) is 11.5 Å². The first-order valence-electron chi connectivity index (χ1n) is 11.7. The van der Waals surface area contributed by atoms with Crippen LogP contribution >= 0.6 is 0 Å². The van der Waals surface area contributed by atoms with Crippen molar-refractivity contribution in [1.82, 2.24) is 5.32 Å². The molecule has 1 atom stereocenters. The van der Waals surface area contributed by atoms with Gasteiger partial charge < -0.3 is 14.8 Å². The minimum Gasteiger partial charge on any atom is -0.497 e. The van der Waals surface area contributed by atoms with Crippen LogP contribution in [0, 0.1) is 6.92 Å². The van der Waals surface area contributed by atoms with Gasteiger partial charge in [0.25, 0.3) is 15.9 Å². The third-order valence-electron chi connectivity index (χ3n) is 6.27. The molecule has 7 nitrogen and oxygen atoms in total. The summed E-state index contributed by atoms with van der Waals surface area (Å²) < 4.78 is 37.8. The highest BCUT2D eigenvalue weighted by atomic mass is 32.2. The van der Waals surface area contributed by atoms with Gasteiger partial charge in [0.05, 0.1) is 30.8 Å². The second-order valence-corrected chi connectivity index (χ2v) is 11.0. The number of benzene rings is 3. The van der Waals surface area contributed by atoms with E-state index in [-0.39, 0.29) is 22.8 Å². The minimum absolute atomic E-state index is 0.150. The molecule has 0 saturated heterocycles. The predicted molar refractivity (Wildman–Crippen MR) is 143 cm³/mol. The maximum Gasteiger partial charge on any atom is 0.264 e. The highest BCUT2D eigenvalue weighted by Crippen LogP contribution is 2.32. The first kappa shape index (κ1) is 27.1. The minimum atomic E-state index is -3.76. The lowest BCUT2D eigenvalue weighted by Gasteiger charge is -2.22. The topological polar surface area (TPSA) is 84.9 Å². The summed E-state index contributed by atoms with van der Waals surface area (Å²) in [4.78, 5) is 13.1. The third kappa shape index (κ3) is 5.65. The molecule has 192 valence electrons. The Bertz CT molecular complexity index is 1320. The fraction of sp³-hybridized carbons (Fsp3) is 0.321. The van der Waals surface area contributed by atoms with E-state index in [1.54, 1.807) is 43.5 Å². The highest BCUT2D eigenvalue weighted by molar-refractivity contribution is 7.92. The molecule has 0 saturated carbocycles. The van der Waals surface area contributed by atoms with Crippen molar-refractivity contribution in [2.24, 2.45) is 0 Å². The summed E-state index contributed by atoms with van der Waals surface area (Å²) in [5.74, 6) is 1.46. The van der Waals surface area contributed by atoms with Gasteiger partial charge in [-0.15, -0.1) is 0 Å². The van der Waals surface area contributed by atoms with E-state index in [0.717, 1.165) is 22.4 Å². The lowest BCUT2D eigenvalue weighted by Crippen LogP contribution is -2.28. The molecule has 0 radical (unpaired) electrons. The summed E-state index contributed by atoms with van der Waals surface area (Å²) in [5, 5.41) is 3.05. The van der Waals surface area contributed by atoms with Gasteiger partial charge in [-0.25, -0.2) is 8.42 Å². The largest absolute Gasteiger partial charge is 0.497 e. The molecular weight excluding hydrogens is 476 g/mol. The molecule has 0 fully saturated rings. The number of aryl methyl sites for hydroxylation is 1. The first-order chi connectivity index (χ1) is 17.0. The van der Waals surface area contributed by atoms with Gasteiger partial charge in [-0.05, 0) is 97.1 Å². The van der Waals surface area contributed by atoms with E-state index in [0.29, 0.717) is 17.0 Å². The summed E-state index contributed by atoms with van der Waals surface area (Å²) >= 11 is 0. The summed E-state index contributed by atoms with van der Waals surface area (Å²) in [5.41, 5.74) is 4.03. The van der Waals surface area contributed by atoms with Crippen LogP contribution in [0.2, 0.25) is 0 Å². The molecule has 0 aliphatic carbocycles. The molecule has 0 spiro atoms. The van der Waals surface area contributed by atoms with Crippen LogP contribution in [0.3, 0.4) is 0 Å². The van der Waals surface area contributed by atoms with Crippen LogP contribution in [-0.2, 0) is 10.0 Å². The van der Waals surface area contributed by atoms with Crippen molar-refractivity contribution >= 4 is 21.6 Å². The van der Waals surface area contributed by atoms with Gasteiger partial charge in [0, 0.05) is 12.6 Å². The number of nitrogens with one attached hydrogen (secondary N) is 1. The zero-order valence-corrected chi connectivity index (χ0v) is 22.6. The SMILES string of the molecule is COc1ccc(S(=O)(=O)N(C)c2ccc(C(=O)NC(C)c3cc(C(C)C)c(OC)cc3C)cc2)cc1. The Labute approximate surface area is 214 Å². The smallest absolute Gasteiger partial charge is 0.264 e. The average molecular weight is 511 g/mol. The van der Waals surface area contributed by atoms with Crippen molar-refractivity contribution in [2.75, 3.05) is 25.6 Å². The van der Waals surface area contributed by atoms with Crippen LogP contribution < -0.4 is 19.1 Å². The molecule has 8 heteroatoms. The molecular formula is C28H34N2O5S. The predicted octanol–water partition coefficient (Wildman–Crippen LogP) is 5.45. The van der Waals surface area contributed by atoms with Crippen LogP contribution in [0.25, 0.3) is 0 Å². The maximum atomic E-state index is 13.0. The van der Waals surface area contributed by atoms with Gasteiger partial charge in [0.15, 0.2) is 0 Å².